The molecule has 4 rings (SSSR count). The smallest absolute Gasteiger partial charge is 0.420 e. The fourth-order valence-electron chi connectivity index (χ4n) is 3.46. The molecule has 0 amide bonds. The predicted octanol–water partition coefficient (Wildman–Crippen LogP) is 3.66. The molecule has 0 saturated carbocycles. The van der Waals surface area contributed by atoms with Crippen LogP contribution in [0.25, 0.3) is 27.9 Å². The standard InChI is InChI=1S/C20H22F3N7O2/c1-3-32-12-6-7-14-15-17(27-28-18(15)29-30(14)10-12)16-13(20(21,22)23)9-24-19(26-16)25-11(2)5-4-8-31/h6-7,9-11,31H,3-5,8H2,1-2H3,(H,28,29)(H,24,25,26)/t11-/m0/s1. The molecule has 3 N–H and O–H groups in total. The Morgan fingerprint density at radius 3 is 2.81 bits per heavy atom. The van der Waals surface area contributed by atoms with Crippen molar-refractivity contribution in [3.05, 3.63) is 30.1 Å². The maximum atomic E-state index is 13.8. The number of rotatable bonds is 8. The van der Waals surface area contributed by atoms with Gasteiger partial charge in [-0.2, -0.15) is 18.3 Å². The molecule has 9 nitrogen and oxygen atoms in total. The average Bonchev–Trinajstić information content (AvgIpc) is 3.30. The van der Waals surface area contributed by atoms with E-state index in [2.05, 4.69) is 30.6 Å². The molecule has 0 bridgehead atoms. The Hall–Kier alpha value is -3.41. The van der Waals surface area contributed by atoms with Gasteiger partial charge in [-0.15, -0.1) is 5.10 Å². The maximum Gasteiger partial charge on any atom is 0.420 e. The van der Waals surface area contributed by atoms with Crippen LogP contribution in [0.4, 0.5) is 19.1 Å². The number of hydrogen-bond acceptors (Lipinski definition) is 7. The summed E-state index contributed by atoms with van der Waals surface area (Å²) in [6.45, 7) is 4.18. The van der Waals surface area contributed by atoms with E-state index < -0.39 is 11.7 Å². The van der Waals surface area contributed by atoms with Gasteiger partial charge >= 0.3 is 6.18 Å². The lowest BCUT2D eigenvalue weighted by molar-refractivity contribution is -0.137. The van der Waals surface area contributed by atoms with Crippen molar-refractivity contribution >= 4 is 22.5 Å². The summed E-state index contributed by atoms with van der Waals surface area (Å²) < 4.78 is 48.3. The maximum absolute atomic E-state index is 13.8. The molecule has 4 heterocycles. The van der Waals surface area contributed by atoms with E-state index in [4.69, 9.17) is 9.84 Å². The van der Waals surface area contributed by atoms with Crippen molar-refractivity contribution in [2.24, 2.45) is 0 Å². The fourth-order valence-corrected chi connectivity index (χ4v) is 3.46. The highest BCUT2D eigenvalue weighted by atomic mass is 19.4. The second-order valence-electron chi connectivity index (χ2n) is 7.29. The van der Waals surface area contributed by atoms with E-state index >= 15 is 0 Å². The quantitative estimate of drug-likeness (QED) is 0.376. The number of aliphatic hydroxyl groups is 1. The number of anilines is 1. The van der Waals surface area contributed by atoms with Gasteiger partial charge in [-0.1, -0.05) is 0 Å². The minimum absolute atomic E-state index is 0.0239. The van der Waals surface area contributed by atoms with Gasteiger partial charge < -0.3 is 15.2 Å². The van der Waals surface area contributed by atoms with Gasteiger partial charge in [0.25, 0.3) is 0 Å². The van der Waals surface area contributed by atoms with Crippen LogP contribution >= 0.6 is 0 Å². The molecule has 12 heteroatoms. The summed E-state index contributed by atoms with van der Waals surface area (Å²) in [7, 11) is 0. The number of aliphatic hydroxyl groups excluding tert-OH is 1. The van der Waals surface area contributed by atoms with E-state index in [0.717, 1.165) is 6.20 Å². The van der Waals surface area contributed by atoms with Gasteiger partial charge in [0.15, 0.2) is 5.65 Å². The first-order valence-electron chi connectivity index (χ1n) is 10.1. The third kappa shape index (κ3) is 4.17. The van der Waals surface area contributed by atoms with Crippen LogP contribution in [0.5, 0.6) is 5.75 Å². The molecule has 0 aliphatic rings. The van der Waals surface area contributed by atoms with Crippen LogP contribution in [0.2, 0.25) is 0 Å². The number of nitrogens with zero attached hydrogens (tertiary/aromatic N) is 5. The number of halogens is 3. The van der Waals surface area contributed by atoms with Gasteiger partial charge in [0.05, 0.1) is 23.7 Å². The Morgan fingerprint density at radius 1 is 1.28 bits per heavy atom. The van der Waals surface area contributed by atoms with E-state index in [1.165, 1.54) is 4.52 Å². The van der Waals surface area contributed by atoms with E-state index in [-0.39, 0.29) is 30.0 Å². The highest BCUT2D eigenvalue weighted by Crippen LogP contribution is 2.38. The first kappa shape index (κ1) is 21.8. The number of fused-ring (bicyclic) bond motifs is 3. The van der Waals surface area contributed by atoms with Crippen molar-refractivity contribution in [2.75, 3.05) is 18.5 Å². The summed E-state index contributed by atoms with van der Waals surface area (Å²) in [5.41, 5.74) is -0.431. The van der Waals surface area contributed by atoms with Crippen molar-refractivity contribution in [2.45, 2.75) is 38.9 Å². The summed E-state index contributed by atoms with van der Waals surface area (Å²) in [5, 5.41) is 23.5. The van der Waals surface area contributed by atoms with Crippen molar-refractivity contribution in [1.82, 2.24) is 29.8 Å². The van der Waals surface area contributed by atoms with Crippen LogP contribution in [0.3, 0.4) is 0 Å². The Balaban J connectivity index is 1.83. The Kier molecular flexibility index (Phi) is 5.87. The average molecular weight is 449 g/mol. The van der Waals surface area contributed by atoms with Gasteiger partial charge in [-0.3, -0.25) is 5.10 Å². The minimum Gasteiger partial charge on any atom is -0.492 e. The van der Waals surface area contributed by atoms with Gasteiger partial charge in [-0.25, -0.2) is 14.5 Å². The van der Waals surface area contributed by atoms with E-state index in [0.29, 0.717) is 41.7 Å². The molecule has 0 aliphatic carbocycles. The monoisotopic (exact) mass is 449 g/mol. The lowest BCUT2D eigenvalue weighted by Gasteiger charge is -2.16. The summed E-state index contributed by atoms with van der Waals surface area (Å²) in [6.07, 6.45) is -1.11. The number of hydrogen-bond donors (Lipinski definition) is 3. The normalized spacial score (nSPS) is 13.1. The molecule has 4 aromatic heterocycles. The lowest BCUT2D eigenvalue weighted by Crippen LogP contribution is -2.19. The van der Waals surface area contributed by atoms with E-state index in [9.17, 15) is 13.2 Å². The first-order valence-corrected chi connectivity index (χ1v) is 10.1. The number of aromatic nitrogens is 6. The molecule has 0 aliphatic heterocycles. The SMILES string of the molecule is CCOc1ccc2c3c(-c4nc(N[C@@H](C)CCCO)ncc4C(F)(F)F)n[nH]c3nn2c1. The number of pyridine rings is 1. The molecule has 0 aromatic carbocycles. The zero-order valence-corrected chi connectivity index (χ0v) is 17.4. The third-order valence-corrected chi connectivity index (χ3v) is 4.91. The number of ether oxygens (including phenoxy) is 1. The number of H-pyrrole nitrogens is 1. The fraction of sp³-hybridized carbons (Fsp3) is 0.400. The molecule has 4 aromatic rings. The zero-order chi connectivity index (χ0) is 22.9. The van der Waals surface area contributed by atoms with Crippen LogP contribution in [-0.2, 0) is 6.18 Å². The van der Waals surface area contributed by atoms with Crippen molar-refractivity contribution in [1.29, 1.82) is 0 Å². The van der Waals surface area contributed by atoms with Gasteiger partial charge in [0.1, 0.15) is 22.7 Å². The molecule has 32 heavy (non-hydrogen) atoms. The van der Waals surface area contributed by atoms with Crippen LogP contribution in [0, 0.1) is 0 Å². The number of nitrogens with one attached hydrogen (secondary N) is 2. The molecule has 0 saturated heterocycles. The van der Waals surface area contributed by atoms with Crippen molar-refractivity contribution < 1.29 is 23.0 Å². The van der Waals surface area contributed by atoms with Gasteiger partial charge in [0.2, 0.25) is 5.95 Å². The topological polar surface area (TPSA) is 113 Å². The zero-order valence-electron chi connectivity index (χ0n) is 17.4. The molecule has 0 unspecified atom stereocenters. The Labute approximate surface area is 180 Å². The van der Waals surface area contributed by atoms with Gasteiger partial charge in [0, 0.05) is 18.8 Å². The molecule has 1 atom stereocenters. The number of alkyl halides is 3. The van der Waals surface area contributed by atoms with Crippen molar-refractivity contribution in [3.63, 3.8) is 0 Å². The predicted molar refractivity (Wildman–Crippen MR) is 111 cm³/mol. The summed E-state index contributed by atoms with van der Waals surface area (Å²) in [5.74, 6) is 0.630. The summed E-state index contributed by atoms with van der Waals surface area (Å²) in [4.78, 5) is 8.01. The molecule has 0 spiro atoms. The molecular formula is C20H22F3N7O2. The van der Waals surface area contributed by atoms with Gasteiger partial charge in [-0.05, 0) is 38.8 Å². The second-order valence-corrected chi connectivity index (χ2v) is 7.29. The van der Waals surface area contributed by atoms with Crippen LogP contribution in [0.15, 0.2) is 24.5 Å². The minimum atomic E-state index is -4.67. The Bertz CT molecular complexity index is 1240. The Morgan fingerprint density at radius 2 is 2.09 bits per heavy atom. The van der Waals surface area contributed by atoms with E-state index in [1.807, 2.05) is 13.8 Å². The van der Waals surface area contributed by atoms with Crippen molar-refractivity contribution in [3.8, 4) is 17.1 Å². The highest BCUT2D eigenvalue weighted by Gasteiger charge is 2.37. The summed E-state index contributed by atoms with van der Waals surface area (Å²) in [6, 6.07) is 3.29. The van der Waals surface area contributed by atoms with E-state index in [1.54, 1.807) is 18.3 Å². The summed E-state index contributed by atoms with van der Waals surface area (Å²) >= 11 is 0. The van der Waals surface area contributed by atoms with Crippen LogP contribution < -0.4 is 10.1 Å². The number of aromatic amines is 1. The third-order valence-electron chi connectivity index (χ3n) is 4.91. The lowest BCUT2D eigenvalue weighted by atomic mass is 10.1. The molecule has 0 fully saturated rings. The molecular weight excluding hydrogens is 427 g/mol. The highest BCUT2D eigenvalue weighted by molar-refractivity contribution is 6.02. The van der Waals surface area contributed by atoms with Crippen LogP contribution in [-0.4, -0.2) is 54.1 Å². The molecule has 170 valence electrons. The largest absolute Gasteiger partial charge is 0.492 e. The van der Waals surface area contributed by atoms with Crippen LogP contribution in [0.1, 0.15) is 32.3 Å². The molecule has 0 radical (unpaired) electrons. The second kappa shape index (κ2) is 8.61. The first-order chi connectivity index (χ1) is 15.3.